The number of amides is 2. The first-order chi connectivity index (χ1) is 17.4. The largest absolute Gasteiger partial charge is 0.368 e. The SMILES string of the molecule is Cc1cc(C)n(CCN2C(=O)c3cccc(N4CCN(C/C(Cl)=C/c5ccccc5)CC4)c3C2=O)n1. The smallest absolute Gasteiger partial charge is 0.263 e. The Labute approximate surface area is 216 Å². The second kappa shape index (κ2) is 10.3. The summed E-state index contributed by atoms with van der Waals surface area (Å²) in [5.41, 5.74) is 4.87. The van der Waals surface area contributed by atoms with Crippen molar-refractivity contribution in [2.24, 2.45) is 0 Å². The van der Waals surface area contributed by atoms with Crippen LogP contribution in [0.25, 0.3) is 6.08 Å². The van der Waals surface area contributed by atoms with Crippen LogP contribution in [0.3, 0.4) is 0 Å². The number of aryl methyl sites for hydroxylation is 2. The summed E-state index contributed by atoms with van der Waals surface area (Å²) in [6, 6.07) is 17.6. The molecule has 5 rings (SSSR count). The molecule has 0 bridgehead atoms. The van der Waals surface area contributed by atoms with Crippen molar-refractivity contribution in [1.82, 2.24) is 19.6 Å². The fourth-order valence-corrected chi connectivity index (χ4v) is 5.31. The maximum Gasteiger partial charge on any atom is 0.263 e. The van der Waals surface area contributed by atoms with Crippen molar-refractivity contribution in [3.63, 3.8) is 0 Å². The van der Waals surface area contributed by atoms with Crippen molar-refractivity contribution in [2.45, 2.75) is 20.4 Å². The lowest BCUT2D eigenvalue weighted by Crippen LogP contribution is -2.47. The topological polar surface area (TPSA) is 61.7 Å². The number of fused-ring (bicyclic) bond motifs is 1. The average molecular weight is 504 g/mol. The zero-order valence-corrected chi connectivity index (χ0v) is 21.4. The fraction of sp³-hybridized carbons (Fsp3) is 0.321. The lowest BCUT2D eigenvalue weighted by Gasteiger charge is -2.36. The van der Waals surface area contributed by atoms with E-state index in [2.05, 4.69) is 14.9 Å². The van der Waals surface area contributed by atoms with Crippen LogP contribution in [-0.4, -0.2) is 70.7 Å². The van der Waals surface area contributed by atoms with Gasteiger partial charge in [0.15, 0.2) is 0 Å². The maximum atomic E-state index is 13.4. The number of anilines is 1. The van der Waals surface area contributed by atoms with Gasteiger partial charge in [0.1, 0.15) is 0 Å². The Morgan fingerprint density at radius 2 is 1.69 bits per heavy atom. The van der Waals surface area contributed by atoms with E-state index in [0.717, 1.165) is 53.9 Å². The Hall–Kier alpha value is -3.42. The highest BCUT2D eigenvalue weighted by Crippen LogP contribution is 2.32. The standard InChI is InChI=1S/C28H30ClN5O2/c1-20-17-21(2)34(30-20)16-15-33-27(35)24-9-6-10-25(26(24)28(33)36)32-13-11-31(12-14-32)19-23(29)18-22-7-4-3-5-8-22/h3-10,17-18H,11-16,19H2,1-2H3/b23-18-. The van der Waals surface area contributed by atoms with Crippen molar-refractivity contribution < 1.29 is 9.59 Å². The van der Waals surface area contributed by atoms with Gasteiger partial charge in [0.2, 0.25) is 0 Å². The highest BCUT2D eigenvalue weighted by Gasteiger charge is 2.38. The fourth-order valence-electron chi connectivity index (χ4n) is 5.01. The highest BCUT2D eigenvalue weighted by atomic mass is 35.5. The third-order valence-electron chi connectivity index (χ3n) is 6.83. The molecule has 0 aliphatic carbocycles. The predicted molar refractivity (Wildman–Crippen MR) is 142 cm³/mol. The molecule has 0 N–H and O–H groups in total. The van der Waals surface area contributed by atoms with E-state index in [0.29, 0.717) is 30.8 Å². The van der Waals surface area contributed by atoms with E-state index < -0.39 is 0 Å². The highest BCUT2D eigenvalue weighted by molar-refractivity contribution is 6.31. The number of carbonyl (C=O) groups is 2. The molecule has 0 atom stereocenters. The molecule has 0 unspecified atom stereocenters. The summed E-state index contributed by atoms with van der Waals surface area (Å²) in [5.74, 6) is -0.446. The van der Waals surface area contributed by atoms with Gasteiger partial charge in [-0.05, 0) is 43.7 Å². The second-order valence-corrected chi connectivity index (χ2v) is 9.86. The normalized spacial score (nSPS) is 16.7. The number of rotatable bonds is 7. The number of nitrogens with zero attached hydrogens (tertiary/aromatic N) is 5. The molecular formula is C28H30ClN5O2. The molecule has 2 aliphatic rings. The second-order valence-electron chi connectivity index (χ2n) is 9.38. The van der Waals surface area contributed by atoms with Crippen LogP contribution in [0.1, 0.15) is 37.7 Å². The number of halogens is 1. The van der Waals surface area contributed by atoms with Crippen LogP contribution < -0.4 is 4.90 Å². The molecule has 0 spiro atoms. The molecule has 1 fully saturated rings. The van der Waals surface area contributed by atoms with Crippen molar-refractivity contribution in [3.05, 3.63) is 87.7 Å². The molecule has 7 nitrogen and oxygen atoms in total. The third-order valence-corrected chi connectivity index (χ3v) is 7.05. The minimum atomic E-state index is -0.227. The first-order valence-corrected chi connectivity index (χ1v) is 12.7. The summed E-state index contributed by atoms with van der Waals surface area (Å²) < 4.78 is 1.84. The molecule has 1 aromatic heterocycles. The van der Waals surface area contributed by atoms with Gasteiger partial charge in [0, 0.05) is 50.0 Å². The van der Waals surface area contributed by atoms with Crippen molar-refractivity contribution in [1.29, 1.82) is 0 Å². The molecular weight excluding hydrogens is 474 g/mol. The summed E-state index contributed by atoms with van der Waals surface area (Å²) >= 11 is 6.53. The van der Waals surface area contributed by atoms with Crippen LogP contribution in [0, 0.1) is 13.8 Å². The zero-order chi connectivity index (χ0) is 25.2. The molecule has 2 amide bonds. The zero-order valence-electron chi connectivity index (χ0n) is 20.7. The van der Waals surface area contributed by atoms with E-state index in [4.69, 9.17) is 11.6 Å². The van der Waals surface area contributed by atoms with E-state index in [9.17, 15) is 9.59 Å². The predicted octanol–water partition coefficient (Wildman–Crippen LogP) is 4.20. The number of piperazine rings is 1. The van der Waals surface area contributed by atoms with Gasteiger partial charge in [-0.1, -0.05) is 48.0 Å². The van der Waals surface area contributed by atoms with E-state index >= 15 is 0 Å². The Morgan fingerprint density at radius 3 is 2.39 bits per heavy atom. The molecule has 2 aromatic carbocycles. The Balaban J connectivity index is 1.24. The van der Waals surface area contributed by atoms with Gasteiger partial charge in [-0.25, -0.2) is 0 Å². The van der Waals surface area contributed by atoms with Gasteiger partial charge in [0.25, 0.3) is 11.8 Å². The van der Waals surface area contributed by atoms with Crippen LogP contribution in [0.5, 0.6) is 0 Å². The molecule has 3 heterocycles. The Kier molecular flexibility index (Phi) is 6.94. The molecule has 2 aliphatic heterocycles. The number of hydrogen-bond acceptors (Lipinski definition) is 5. The molecule has 1 saturated heterocycles. The van der Waals surface area contributed by atoms with Gasteiger partial charge in [-0.15, -0.1) is 0 Å². The first-order valence-electron chi connectivity index (χ1n) is 12.3. The lowest BCUT2D eigenvalue weighted by molar-refractivity contribution is 0.0647. The minimum Gasteiger partial charge on any atom is -0.368 e. The van der Waals surface area contributed by atoms with Crippen LogP contribution in [0.15, 0.2) is 59.6 Å². The van der Waals surface area contributed by atoms with Crippen LogP contribution in [-0.2, 0) is 6.54 Å². The quantitative estimate of drug-likeness (QED) is 0.452. The van der Waals surface area contributed by atoms with E-state index in [1.807, 2.05) is 73.1 Å². The van der Waals surface area contributed by atoms with E-state index in [1.165, 1.54) is 4.90 Å². The third kappa shape index (κ3) is 4.94. The van der Waals surface area contributed by atoms with Crippen molar-refractivity contribution in [3.8, 4) is 0 Å². The first kappa shape index (κ1) is 24.3. The van der Waals surface area contributed by atoms with Crippen LogP contribution >= 0.6 is 11.6 Å². The molecule has 0 saturated carbocycles. The maximum absolute atomic E-state index is 13.4. The minimum absolute atomic E-state index is 0.219. The lowest BCUT2D eigenvalue weighted by atomic mass is 10.1. The van der Waals surface area contributed by atoms with Crippen molar-refractivity contribution >= 4 is 35.2 Å². The van der Waals surface area contributed by atoms with Crippen LogP contribution in [0.4, 0.5) is 5.69 Å². The Morgan fingerprint density at radius 1 is 0.944 bits per heavy atom. The average Bonchev–Trinajstić information content (AvgIpc) is 3.32. The number of imide groups is 1. The van der Waals surface area contributed by atoms with Crippen molar-refractivity contribution in [2.75, 3.05) is 44.2 Å². The summed E-state index contributed by atoms with van der Waals surface area (Å²) in [6.07, 6.45) is 2.00. The van der Waals surface area contributed by atoms with Gasteiger partial charge >= 0.3 is 0 Å². The van der Waals surface area contributed by atoms with Gasteiger partial charge < -0.3 is 4.90 Å². The van der Waals surface area contributed by atoms with Gasteiger partial charge in [0.05, 0.1) is 29.1 Å². The number of aromatic nitrogens is 2. The summed E-state index contributed by atoms with van der Waals surface area (Å²) in [4.78, 5) is 32.4. The monoisotopic (exact) mass is 503 g/mol. The number of carbonyl (C=O) groups excluding carboxylic acids is 2. The molecule has 8 heteroatoms. The van der Waals surface area contributed by atoms with E-state index in [-0.39, 0.29) is 11.8 Å². The van der Waals surface area contributed by atoms with Crippen LogP contribution in [0.2, 0.25) is 0 Å². The summed E-state index contributed by atoms with van der Waals surface area (Å²) in [5, 5.41) is 5.25. The Bertz CT molecular complexity index is 1310. The van der Waals surface area contributed by atoms with Gasteiger partial charge in [-0.2, -0.15) is 5.10 Å². The molecule has 186 valence electrons. The summed E-state index contributed by atoms with van der Waals surface area (Å²) in [7, 11) is 0. The molecule has 3 aromatic rings. The van der Waals surface area contributed by atoms with E-state index in [1.54, 1.807) is 6.07 Å². The number of benzene rings is 2. The summed E-state index contributed by atoms with van der Waals surface area (Å²) in [6.45, 7) is 8.56. The molecule has 36 heavy (non-hydrogen) atoms. The number of hydrogen-bond donors (Lipinski definition) is 0. The van der Waals surface area contributed by atoms with Gasteiger partial charge in [-0.3, -0.25) is 24.1 Å². The molecule has 0 radical (unpaired) electrons.